The maximum absolute atomic E-state index is 13.8. The van der Waals surface area contributed by atoms with E-state index in [-0.39, 0.29) is 0 Å². The van der Waals surface area contributed by atoms with Gasteiger partial charge < -0.3 is 10.6 Å². The van der Waals surface area contributed by atoms with E-state index in [9.17, 15) is 18.0 Å². The summed E-state index contributed by atoms with van der Waals surface area (Å²) in [5, 5.41) is 9.80. The van der Waals surface area contributed by atoms with Crippen LogP contribution in [-0.4, -0.2) is 21.7 Å². The molecule has 0 aliphatic carbocycles. The number of carbonyl (C=O) groups excluding carboxylic acids is 1. The minimum absolute atomic E-state index is 0.425. The summed E-state index contributed by atoms with van der Waals surface area (Å²) in [6.45, 7) is 5.23. The van der Waals surface area contributed by atoms with Crippen LogP contribution in [0.2, 0.25) is 0 Å². The van der Waals surface area contributed by atoms with Gasteiger partial charge in [0.05, 0.1) is 28.5 Å². The quantitative estimate of drug-likeness (QED) is 0.639. The number of nitrogens with zero attached hydrogens (tertiary/aromatic N) is 2. The van der Waals surface area contributed by atoms with Gasteiger partial charge in [-0.25, -0.2) is 17.9 Å². The van der Waals surface area contributed by atoms with Crippen molar-refractivity contribution in [2.45, 2.75) is 26.8 Å². The van der Waals surface area contributed by atoms with Crippen molar-refractivity contribution in [3.8, 4) is 5.69 Å². The Morgan fingerprint density at radius 3 is 2.39 bits per heavy atom. The molecule has 0 unspecified atom stereocenters. The molecule has 28 heavy (non-hydrogen) atoms. The summed E-state index contributed by atoms with van der Waals surface area (Å²) in [6.07, 6.45) is 0. The summed E-state index contributed by atoms with van der Waals surface area (Å²) in [5.74, 6) is -4.99. The van der Waals surface area contributed by atoms with Crippen LogP contribution in [0.3, 0.4) is 0 Å². The number of hydrogen-bond acceptors (Lipinski definition) is 3. The molecule has 3 aromatic rings. The summed E-state index contributed by atoms with van der Waals surface area (Å²) in [4.78, 5) is 12.4. The zero-order valence-corrected chi connectivity index (χ0v) is 15.6. The summed E-state index contributed by atoms with van der Waals surface area (Å²) >= 11 is 0. The average molecular weight is 388 g/mol. The Morgan fingerprint density at radius 2 is 1.71 bits per heavy atom. The zero-order valence-electron chi connectivity index (χ0n) is 15.6. The summed E-state index contributed by atoms with van der Waals surface area (Å²) < 4.78 is 41.9. The molecule has 146 valence electrons. The lowest BCUT2D eigenvalue weighted by Crippen LogP contribution is -2.32. The minimum Gasteiger partial charge on any atom is -0.371 e. The third kappa shape index (κ3) is 3.71. The lowest BCUT2D eigenvalue weighted by Gasteiger charge is -2.16. The molecule has 1 amide bonds. The fourth-order valence-corrected chi connectivity index (χ4v) is 2.82. The van der Waals surface area contributed by atoms with Crippen LogP contribution in [0.5, 0.6) is 0 Å². The first-order chi connectivity index (χ1) is 13.3. The average Bonchev–Trinajstić information content (AvgIpc) is 2.97. The van der Waals surface area contributed by atoms with Crippen LogP contribution in [0.25, 0.3) is 5.69 Å². The van der Waals surface area contributed by atoms with Gasteiger partial charge in [0.2, 0.25) is 5.91 Å². The Kier molecular flexibility index (Phi) is 5.39. The van der Waals surface area contributed by atoms with Crippen LogP contribution in [0, 0.1) is 31.3 Å². The highest BCUT2D eigenvalue weighted by Gasteiger charge is 2.21. The molecule has 8 heteroatoms. The molecule has 1 heterocycles. The number of para-hydroxylation sites is 1. The Bertz CT molecular complexity index is 1020. The number of carbonyl (C=O) groups is 1. The standard InChI is InChI=1S/C20H19F3N4O/c1-11-19(13(3)27(26-11)14-7-5-4-6-8-14)24-12(2)20(28)25-16-10-9-15(21)17(22)18(16)23/h4-10,12,24H,1-3H3,(H,25,28)/t12-/m0/s1. The minimum atomic E-state index is -1.63. The number of nitrogens with one attached hydrogen (secondary N) is 2. The third-order valence-corrected chi connectivity index (χ3v) is 4.34. The lowest BCUT2D eigenvalue weighted by atomic mass is 10.2. The highest BCUT2D eigenvalue weighted by molar-refractivity contribution is 5.96. The van der Waals surface area contributed by atoms with Crippen molar-refractivity contribution in [2.24, 2.45) is 0 Å². The van der Waals surface area contributed by atoms with Gasteiger partial charge in [0.1, 0.15) is 6.04 Å². The molecule has 0 aliphatic heterocycles. The molecule has 3 rings (SSSR count). The third-order valence-electron chi connectivity index (χ3n) is 4.34. The number of anilines is 2. The maximum atomic E-state index is 13.8. The maximum Gasteiger partial charge on any atom is 0.246 e. The van der Waals surface area contributed by atoms with Crippen LogP contribution in [-0.2, 0) is 4.79 Å². The van der Waals surface area contributed by atoms with Crippen LogP contribution in [0.15, 0.2) is 42.5 Å². The van der Waals surface area contributed by atoms with Crippen molar-refractivity contribution in [2.75, 3.05) is 10.6 Å². The van der Waals surface area contributed by atoms with Gasteiger partial charge in [-0.05, 0) is 45.0 Å². The molecule has 5 nitrogen and oxygen atoms in total. The number of aryl methyl sites for hydroxylation is 1. The monoisotopic (exact) mass is 388 g/mol. The molecule has 0 bridgehead atoms. The van der Waals surface area contributed by atoms with Gasteiger partial charge in [0.15, 0.2) is 17.5 Å². The van der Waals surface area contributed by atoms with E-state index in [0.717, 1.165) is 23.5 Å². The Labute approximate surface area is 160 Å². The molecule has 0 saturated heterocycles. The zero-order chi connectivity index (χ0) is 20.4. The van der Waals surface area contributed by atoms with Gasteiger partial charge in [-0.1, -0.05) is 18.2 Å². The Balaban J connectivity index is 1.78. The second-order valence-electron chi connectivity index (χ2n) is 6.37. The van der Waals surface area contributed by atoms with Crippen molar-refractivity contribution >= 4 is 17.3 Å². The molecule has 0 saturated carbocycles. The fourth-order valence-electron chi connectivity index (χ4n) is 2.82. The van der Waals surface area contributed by atoms with Crippen molar-refractivity contribution in [3.05, 3.63) is 71.3 Å². The van der Waals surface area contributed by atoms with Crippen molar-refractivity contribution in [1.29, 1.82) is 0 Å². The molecule has 0 spiro atoms. The van der Waals surface area contributed by atoms with E-state index in [1.807, 2.05) is 37.3 Å². The number of aromatic nitrogens is 2. The number of rotatable bonds is 5. The molecule has 0 fully saturated rings. The molecule has 1 atom stereocenters. The van der Waals surface area contributed by atoms with Crippen LogP contribution < -0.4 is 10.6 Å². The molecule has 1 aromatic heterocycles. The second-order valence-corrected chi connectivity index (χ2v) is 6.37. The summed E-state index contributed by atoms with van der Waals surface area (Å²) in [6, 6.07) is 10.5. The van der Waals surface area contributed by atoms with Gasteiger partial charge in [0, 0.05) is 0 Å². The van der Waals surface area contributed by atoms with Gasteiger partial charge in [-0.15, -0.1) is 0 Å². The predicted octanol–water partition coefficient (Wildman–Crippen LogP) is 4.35. The van der Waals surface area contributed by atoms with E-state index >= 15 is 0 Å². The smallest absolute Gasteiger partial charge is 0.246 e. The van der Waals surface area contributed by atoms with E-state index in [1.54, 1.807) is 18.5 Å². The highest BCUT2D eigenvalue weighted by atomic mass is 19.2. The topological polar surface area (TPSA) is 59.0 Å². The molecule has 2 N–H and O–H groups in total. The van der Waals surface area contributed by atoms with Crippen molar-refractivity contribution < 1.29 is 18.0 Å². The predicted molar refractivity (Wildman–Crippen MR) is 101 cm³/mol. The largest absolute Gasteiger partial charge is 0.371 e. The first-order valence-corrected chi connectivity index (χ1v) is 8.62. The molecular formula is C20H19F3N4O. The highest BCUT2D eigenvalue weighted by Crippen LogP contribution is 2.24. The molecule has 0 radical (unpaired) electrons. The molecular weight excluding hydrogens is 369 g/mol. The van der Waals surface area contributed by atoms with Crippen molar-refractivity contribution in [3.63, 3.8) is 0 Å². The number of benzene rings is 2. The Morgan fingerprint density at radius 1 is 1.04 bits per heavy atom. The van der Waals surface area contributed by atoms with Gasteiger partial charge in [-0.2, -0.15) is 5.10 Å². The lowest BCUT2D eigenvalue weighted by molar-refractivity contribution is -0.116. The van der Waals surface area contributed by atoms with E-state index in [2.05, 4.69) is 15.7 Å². The van der Waals surface area contributed by atoms with E-state index in [0.29, 0.717) is 11.4 Å². The second kappa shape index (κ2) is 7.75. The summed E-state index contributed by atoms with van der Waals surface area (Å²) in [5.41, 5.74) is 2.59. The van der Waals surface area contributed by atoms with E-state index < -0.39 is 35.1 Å². The van der Waals surface area contributed by atoms with Crippen LogP contribution in [0.1, 0.15) is 18.3 Å². The van der Waals surface area contributed by atoms with Gasteiger partial charge in [0.25, 0.3) is 0 Å². The first kappa shape index (κ1) is 19.5. The van der Waals surface area contributed by atoms with E-state index in [1.165, 1.54) is 0 Å². The van der Waals surface area contributed by atoms with E-state index in [4.69, 9.17) is 0 Å². The van der Waals surface area contributed by atoms with Crippen LogP contribution in [0.4, 0.5) is 24.5 Å². The van der Waals surface area contributed by atoms with Gasteiger partial charge in [-0.3, -0.25) is 4.79 Å². The first-order valence-electron chi connectivity index (χ1n) is 8.62. The number of halogens is 3. The van der Waals surface area contributed by atoms with Gasteiger partial charge >= 0.3 is 0 Å². The fraction of sp³-hybridized carbons (Fsp3) is 0.200. The molecule has 2 aromatic carbocycles. The number of amides is 1. The van der Waals surface area contributed by atoms with Crippen LogP contribution >= 0.6 is 0 Å². The number of hydrogen-bond donors (Lipinski definition) is 2. The van der Waals surface area contributed by atoms with Crippen molar-refractivity contribution in [1.82, 2.24) is 9.78 Å². The SMILES string of the molecule is Cc1nn(-c2ccccc2)c(C)c1N[C@@H](C)C(=O)Nc1ccc(F)c(F)c1F. The molecule has 0 aliphatic rings. The summed E-state index contributed by atoms with van der Waals surface area (Å²) in [7, 11) is 0. The normalized spacial score (nSPS) is 11.9. The Hall–Kier alpha value is -3.29.